The molecule has 2 nitrogen and oxygen atoms in total. The predicted octanol–water partition coefficient (Wildman–Crippen LogP) is 3.64. The highest BCUT2D eigenvalue weighted by Gasteiger charge is 1.97. The summed E-state index contributed by atoms with van der Waals surface area (Å²) in [7, 11) is 1.60. The Labute approximate surface area is 105 Å². The summed E-state index contributed by atoms with van der Waals surface area (Å²) in [6, 6.07) is 5.49. The van der Waals surface area contributed by atoms with Crippen LogP contribution in [0.2, 0.25) is 5.02 Å². The van der Waals surface area contributed by atoms with Gasteiger partial charge in [0.1, 0.15) is 5.75 Å². The Balaban J connectivity index is 2.65. The second kappa shape index (κ2) is 6.61. The van der Waals surface area contributed by atoms with Gasteiger partial charge in [0.05, 0.1) is 7.11 Å². The van der Waals surface area contributed by atoms with Gasteiger partial charge in [-0.1, -0.05) is 35.5 Å². The fourth-order valence-electron chi connectivity index (χ4n) is 1.15. The third kappa shape index (κ3) is 4.73. The zero-order chi connectivity index (χ0) is 12.0. The maximum atomic E-state index is 10.7. The number of halogens is 1. The van der Waals surface area contributed by atoms with E-state index >= 15 is 0 Å². The van der Waals surface area contributed by atoms with Gasteiger partial charge in [-0.05, 0) is 23.8 Å². The zero-order valence-electron chi connectivity index (χ0n) is 9.20. The Kier molecular flexibility index (Phi) is 5.43. The summed E-state index contributed by atoms with van der Waals surface area (Å²) in [5, 5.41) is 0.756. The maximum absolute atomic E-state index is 10.7. The van der Waals surface area contributed by atoms with E-state index in [0.717, 1.165) is 11.3 Å². The third-order valence-electron chi connectivity index (χ3n) is 1.82. The van der Waals surface area contributed by atoms with Gasteiger partial charge in [-0.3, -0.25) is 4.79 Å². The number of carbonyl (C=O) groups is 1. The number of carbonyl (C=O) groups excluding carboxylic acids is 1. The lowest BCUT2D eigenvalue weighted by Crippen LogP contribution is -1.84. The van der Waals surface area contributed by atoms with Crippen LogP contribution >= 0.6 is 23.4 Å². The molecule has 0 aliphatic carbocycles. The first-order chi connectivity index (χ1) is 7.61. The molecule has 0 aliphatic heterocycles. The lowest BCUT2D eigenvalue weighted by Gasteiger charge is -2.02. The normalized spacial score (nSPS) is 10.7. The number of methoxy groups -OCH3 is 1. The Hall–Kier alpha value is -0.930. The van der Waals surface area contributed by atoms with Gasteiger partial charge in [0, 0.05) is 17.7 Å². The summed E-state index contributed by atoms with van der Waals surface area (Å²) in [5.74, 6) is 1.40. The summed E-state index contributed by atoms with van der Waals surface area (Å²) >= 11 is 7.19. The molecule has 0 fully saturated rings. The summed E-state index contributed by atoms with van der Waals surface area (Å²) in [5.41, 5.74) is 0.966. The average Bonchev–Trinajstić information content (AvgIpc) is 2.23. The van der Waals surface area contributed by atoms with Gasteiger partial charge in [0.15, 0.2) is 5.12 Å². The molecule has 0 radical (unpaired) electrons. The lowest BCUT2D eigenvalue weighted by atomic mass is 10.2. The summed E-state index contributed by atoms with van der Waals surface area (Å²) in [6.07, 6.45) is 3.85. The summed E-state index contributed by atoms with van der Waals surface area (Å²) in [6.45, 7) is 1.56. The standard InChI is InChI=1S/C12H13ClO2S/c1-9(14)16-5-3-4-10-6-11(13)8-12(7-10)15-2/h3-4,6-8H,5H2,1-2H3. The molecule has 4 heteroatoms. The van der Waals surface area contributed by atoms with Crippen LogP contribution in [0.1, 0.15) is 12.5 Å². The van der Waals surface area contributed by atoms with E-state index in [9.17, 15) is 4.79 Å². The summed E-state index contributed by atoms with van der Waals surface area (Å²) < 4.78 is 5.10. The largest absolute Gasteiger partial charge is 0.497 e. The molecule has 0 heterocycles. The van der Waals surface area contributed by atoms with E-state index in [1.807, 2.05) is 24.3 Å². The number of hydrogen-bond donors (Lipinski definition) is 0. The smallest absolute Gasteiger partial charge is 0.186 e. The van der Waals surface area contributed by atoms with Gasteiger partial charge < -0.3 is 4.74 Å². The van der Waals surface area contributed by atoms with Crippen molar-refractivity contribution in [2.24, 2.45) is 0 Å². The molecule has 1 aromatic carbocycles. The molecule has 0 bridgehead atoms. The van der Waals surface area contributed by atoms with Gasteiger partial charge in [-0.25, -0.2) is 0 Å². The molecule has 0 atom stereocenters. The molecular formula is C12H13ClO2S. The lowest BCUT2D eigenvalue weighted by molar-refractivity contribution is -0.109. The maximum Gasteiger partial charge on any atom is 0.186 e. The second-order valence-corrected chi connectivity index (χ2v) is 4.76. The molecule has 0 unspecified atom stereocenters. The van der Waals surface area contributed by atoms with Crippen LogP contribution in [0.5, 0.6) is 5.75 Å². The van der Waals surface area contributed by atoms with Crippen LogP contribution in [0.4, 0.5) is 0 Å². The molecule has 0 amide bonds. The topological polar surface area (TPSA) is 26.3 Å². The molecule has 0 spiro atoms. The highest BCUT2D eigenvalue weighted by atomic mass is 35.5. The van der Waals surface area contributed by atoms with Gasteiger partial charge in [0.2, 0.25) is 0 Å². The van der Waals surface area contributed by atoms with Gasteiger partial charge in [-0.15, -0.1) is 0 Å². The first-order valence-electron chi connectivity index (χ1n) is 4.76. The molecule has 16 heavy (non-hydrogen) atoms. The zero-order valence-corrected chi connectivity index (χ0v) is 10.8. The number of hydrogen-bond acceptors (Lipinski definition) is 3. The summed E-state index contributed by atoms with van der Waals surface area (Å²) in [4.78, 5) is 10.7. The number of ether oxygens (including phenoxy) is 1. The van der Waals surface area contributed by atoms with Crippen LogP contribution in [0, 0.1) is 0 Å². The van der Waals surface area contributed by atoms with Crippen LogP contribution in [-0.2, 0) is 4.79 Å². The van der Waals surface area contributed by atoms with Gasteiger partial charge >= 0.3 is 0 Å². The Morgan fingerprint density at radius 1 is 1.50 bits per heavy atom. The predicted molar refractivity (Wildman–Crippen MR) is 70.2 cm³/mol. The molecule has 0 aromatic heterocycles. The first kappa shape index (κ1) is 13.1. The SMILES string of the molecule is COc1cc(Cl)cc(C=CCSC(C)=O)c1. The second-order valence-electron chi connectivity index (χ2n) is 3.13. The molecular weight excluding hydrogens is 244 g/mol. The number of benzene rings is 1. The van der Waals surface area contributed by atoms with Crippen molar-refractivity contribution in [3.63, 3.8) is 0 Å². The fourth-order valence-corrected chi connectivity index (χ4v) is 1.81. The minimum Gasteiger partial charge on any atom is -0.497 e. The molecule has 1 rings (SSSR count). The molecule has 0 N–H and O–H groups in total. The Morgan fingerprint density at radius 3 is 2.88 bits per heavy atom. The van der Waals surface area contributed by atoms with E-state index in [0.29, 0.717) is 10.8 Å². The monoisotopic (exact) mass is 256 g/mol. The van der Waals surface area contributed by atoms with Crippen LogP contribution < -0.4 is 4.74 Å². The molecule has 0 saturated heterocycles. The number of thioether (sulfide) groups is 1. The van der Waals surface area contributed by atoms with Crippen LogP contribution in [0.25, 0.3) is 6.08 Å². The first-order valence-corrected chi connectivity index (χ1v) is 6.12. The van der Waals surface area contributed by atoms with Crippen molar-refractivity contribution in [3.8, 4) is 5.75 Å². The van der Waals surface area contributed by atoms with E-state index in [4.69, 9.17) is 16.3 Å². The van der Waals surface area contributed by atoms with E-state index < -0.39 is 0 Å². The molecule has 86 valence electrons. The quantitative estimate of drug-likeness (QED) is 0.823. The third-order valence-corrected chi connectivity index (χ3v) is 2.81. The van der Waals surface area contributed by atoms with Crippen molar-refractivity contribution in [2.45, 2.75) is 6.92 Å². The van der Waals surface area contributed by atoms with Crippen molar-refractivity contribution in [2.75, 3.05) is 12.9 Å². The van der Waals surface area contributed by atoms with Gasteiger partial charge in [0.25, 0.3) is 0 Å². The van der Waals surface area contributed by atoms with Crippen LogP contribution in [-0.4, -0.2) is 18.0 Å². The molecule has 0 aliphatic rings. The van der Waals surface area contributed by atoms with Crippen molar-refractivity contribution < 1.29 is 9.53 Å². The van der Waals surface area contributed by atoms with E-state index in [1.165, 1.54) is 11.8 Å². The van der Waals surface area contributed by atoms with Crippen LogP contribution in [0.3, 0.4) is 0 Å². The molecule has 1 aromatic rings. The van der Waals surface area contributed by atoms with Crippen molar-refractivity contribution in [1.29, 1.82) is 0 Å². The highest BCUT2D eigenvalue weighted by molar-refractivity contribution is 8.13. The van der Waals surface area contributed by atoms with E-state index in [-0.39, 0.29) is 5.12 Å². The van der Waals surface area contributed by atoms with Crippen molar-refractivity contribution >= 4 is 34.6 Å². The fraction of sp³-hybridized carbons (Fsp3) is 0.250. The number of rotatable bonds is 4. The average molecular weight is 257 g/mol. The van der Waals surface area contributed by atoms with Crippen LogP contribution in [0.15, 0.2) is 24.3 Å². The Bertz CT molecular complexity index is 402. The molecule has 0 saturated carbocycles. The van der Waals surface area contributed by atoms with E-state index in [2.05, 4.69) is 0 Å². The Morgan fingerprint density at radius 2 is 2.25 bits per heavy atom. The van der Waals surface area contributed by atoms with Gasteiger partial charge in [-0.2, -0.15) is 0 Å². The minimum atomic E-state index is 0.119. The minimum absolute atomic E-state index is 0.119. The van der Waals surface area contributed by atoms with E-state index in [1.54, 1.807) is 20.1 Å². The van der Waals surface area contributed by atoms with Crippen molar-refractivity contribution in [1.82, 2.24) is 0 Å². The van der Waals surface area contributed by atoms with Crippen molar-refractivity contribution in [3.05, 3.63) is 34.9 Å². The highest BCUT2D eigenvalue weighted by Crippen LogP contribution is 2.21.